The molecule has 0 aliphatic heterocycles. The molecule has 7 heteroatoms. The summed E-state index contributed by atoms with van der Waals surface area (Å²) in [7, 11) is 0. The summed E-state index contributed by atoms with van der Waals surface area (Å²) >= 11 is 0. The quantitative estimate of drug-likeness (QED) is 0.704. The van der Waals surface area contributed by atoms with E-state index in [0.29, 0.717) is 12.2 Å². The molecule has 4 nitrogen and oxygen atoms in total. The molecule has 20 heavy (non-hydrogen) atoms. The van der Waals surface area contributed by atoms with E-state index < -0.39 is 18.6 Å². The minimum absolute atomic E-state index is 0.0507. The Labute approximate surface area is 115 Å². The second-order valence-corrected chi connectivity index (χ2v) is 4.51. The number of amides is 2. The van der Waals surface area contributed by atoms with E-state index in [9.17, 15) is 18.0 Å². The van der Waals surface area contributed by atoms with Gasteiger partial charge in [0, 0.05) is 18.2 Å². The zero-order valence-electron chi connectivity index (χ0n) is 11.1. The second-order valence-electron chi connectivity index (χ2n) is 4.51. The third-order valence-corrected chi connectivity index (χ3v) is 2.77. The molecule has 0 aliphatic carbocycles. The first-order chi connectivity index (χ1) is 9.28. The zero-order chi connectivity index (χ0) is 15.2. The van der Waals surface area contributed by atoms with Crippen molar-refractivity contribution in [2.24, 2.45) is 5.73 Å². The summed E-state index contributed by atoms with van der Waals surface area (Å²) in [5.41, 5.74) is 6.48. The lowest BCUT2D eigenvalue weighted by molar-refractivity contribution is -0.135. The van der Waals surface area contributed by atoms with Gasteiger partial charge in [-0.1, -0.05) is 12.1 Å². The molecular weight excluding hydrogens is 271 g/mol. The molecule has 4 N–H and O–H groups in total. The normalized spacial score (nSPS) is 13.0. The predicted octanol–water partition coefficient (Wildman–Crippen LogP) is 3.17. The maximum Gasteiger partial charge on any atom is 0.389 e. The summed E-state index contributed by atoms with van der Waals surface area (Å²) in [6, 6.07) is 6.24. The molecule has 0 spiro atoms. The van der Waals surface area contributed by atoms with E-state index >= 15 is 0 Å². The highest BCUT2D eigenvalue weighted by atomic mass is 19.4. The Hall–Kier alpha value is -1.76. The molecule has 0 fully saturated rings. The van der Waals surface area contributed by atoms with Gasteiger partial charge in [-0.15, -0.1) is 0 Å². The topological polar surface area (TPSA) is 67.2 Å². The van der Waals surface area contributed by atoms with Gasteiger partial charge in [-0.25, -0.2) is 4.79 Å². The number of alkyl halides is 3. The van der Waals surface area contributed by atoms with Gasteiger partial charge < -0.3 is 16.4 Å². The monoisotopic (exact) mass is 289 g/mol. The molecule has 0 aliphatic rings. The minimum atomic E-state index is -4.10. The van der Waals surface area contributed by atoms with E-state index in [4.69, 9.17) is 5.73 Å². The van der Waals surface area contributed by atoms with Crippen LogP contribution in [0.5, 0.6) is 0 Å². The number of hydrogen-bond donors (Lipinski definition) is 3. The predicted molar refractivity (Wildman–Crippen MR) is 71.4 cm³/mol. The number of carbonyl (C=O) groups excluding carboxylic acids is 1. The molecule has 0 bridgehead atoms. The van der Waals surface area contributed by atoms with Crippen LogP contribution in [0.4, 0.5) is 23.7 Å². The molecule has 0 saturated heterocycles. The number of hydrogen-bond acceptors (Lipinski definition) is 2. The SMILES string of the molecule is CC(NCCCC(F)(F)F)c1ccc(NC(N)=O)cc1. The number of primary amides is 1. The molecule has 1 unspecified atom stereocenters. The van der Waals surface area contributed by atoms with Gasteiger partial charge >= 0.3 is 12.2 Å². The highest BCUT2D eigenvalue weighted by Crippen LogP contribution is 2.21. The molecule has 0 heterocycles. The number of urea groups is 1. The summed E-state index contributed by atoms with van der Waals surface area (Å²) in [6.07, 6.45) is -4.84. The Balaban J connectivity index is 2.39. The number of carbonyl (C=O) groups is 1. The smallest absolute Gasteiger partial charge is 0.351 e. The lowest BCUT2D eigenvalue weighted by Crippen LogP contribution is -2.22. The summed E-state index contributed by atoms with van der Waals surface area (Å²) in [4.78, 5) is 10.6. The molecule has 0 aromatic heterocycles. The average molecular weight is 289 g/mol. The van der Waals surface area contributed by atoms with Gasteiger partial charge in [0.2, 0.25) is 0 Å². The number of halogens is 3. The number of anilines is 1. The van der Waals surface area contributed by atoms with E-state index in [1.54, 1.807) is 24.3 Å². The number of nitrogens with two attached hydrogens (primary N) is 1. The highest BCUT2D eigenvalue weighted by Gasteiger charge is 2.25. The van der Waals surface area contributed by atoms with Crippen LogP contribution in [0.1, 0.15) is 31.4 Å². The Bertz CT molecular complexity index is 431. The van der Waals surface area contributed by atoms with Crippen molar-refractivity contribution < 1.29 is 18.0 Å². The molecule has 0 radical (unpaired) electrons. The van der Waals surface area contributed by atoms with Crippen LogP contribution in [0, 0.1) is 0 Å². The molecule has 2 amide bonds. The summed E-state index contributed by atoms with van der Waals surface area (Å²) in [5.74, 6) is 0. The largest absolute Gasteiger partial charge is 0.389 e. The van der Waals surface area contributed by atoms with Gasteiger partial charge in [0.1, 0.15) is 0 Å². The van der Waals surface area contributed by atoms with Crippen molar-refractivity contribution in [1.29, 1.82) is 0 Å². The molecule has 1 rings (SSSR count). The first kappa shape index (κ1) is 16.3. The summed E-state index contributed by atoms with van der Waals surface area (Å²) in [5, 5.41) is 5.45. The van der Waals surface area contributed by atoms with E-state index in [-0.39, 0.29) is 12.5 Å². The van der Waals surface area contributed by atoms with Gasteiger partial charge in [-0.3, -0.25) is 0 Å². The standard InChI is InChI=1S/C13H18F3N3O/c1-9(18-8-2-7-13(14,15)16)10-3-5-11(6-4-10)19-12(17)20/h3-6,9,18H,2,7-8H2,1H3,(H3,17,19,20). The highest BCUT2D eigenvalue weighted by molar-refractivity contribution is 5.87. The number of nitrogens with one attached hydrogen (secondary N) is 2. The van der Waals surface area contributed by atoms with E-state index in [2.05, 4.69) is 10.6 Å². The molecule has 1 aromatic carbocycles. The maximum absolute atomic E-state index is 12.0. The van der Waals surface area contributed by atoms with Crippen LogP contribution < -0.4 is 16.4 Å². The van der Waals surface area contributed by atoms with E-state index in [1.807, 2.05) is 6.92 Å². The van der Waals surface area contributed by atoms with E-state index in [1.165, 1.54) is 0 Å². The van der Waals surface area contributed by atoms with Gasteiger partial charge in [0.15, 0.2) is 0 Å². The van der Waals surface area contributed by atoms with Crippen LogP contribution >= 0.6 is 0 Å². The van der Waals surface area contributed by atoms with Crippen molar-refractivity contribution in [3.05, 3.63) is 29.8 Å². The number of rotatable bonds is 6. The first-order valence-corrected chi connectivity index (χ1v) is 6.24. The lowest BCUT2D eigenvalue weighted by atomic mass is 10.1. The minimum Gasteiger partial charge on any atom is -0.351 e. The fraction of sp³-hybridized carbons (Fsp3) is 0.462. The van der Waals surface area contributed by atoms with Crippen LogP contribution in [0.3, 0.4) is 0 Å². The number of benzene rings is 1. The van der Waals surface area contributed by atoms with Crippen LogP contribution in [0.15, 0.2) is 24.3 Å². The molecular formula is C13H18F3N3O. The Morgan fingerprint density at radius 1 is 1.30 bits per heavy atom. The van der Waals surface area contributed by atoms with Crippen LogP contribution in [-0.2, 0) is 0 Å². The Morgan fingerprint density at radius 3 is 2.40 bits per heavy atom. The molecule has 1 atom stereocenters. The van der Waals surface area contributed by atoms with Gasteiger partial charge in [-0.05, 0) is 37.6 Å². The van der Waals surface area contributed by atoms with Crippen molar-refractivity contribution in [3.8, 4) is 0 Å². The third kappa shape index (κ3) is 6.42. The molecule has 112 valence electrons. The summed E-state index contributed by atoms with van der Waals surface area (Å²) in [6.45, 7) is 2.16. The lowest BCUT2D eigenvalue weighted by Gasteiger charge is -2.15. The van der Waals surface area contributed by atoms with Gasteiger partial charge in [-0.2, -0.15) is 13.2 Å². The van der Waals surface area contributed by atoms with Gasteiger partial charge in [0.05, 0.1) is 0 Å². The first-order valence-electron chi connectivity index (χ1n) is 6.24. The van der Waals surface area contributed by atoms with Crippen LogP contribution in [0.2, 0.25) is 0 Å². The van der Waals surface area contributed by atoms with E-state index in [0.717, 1.165) is 5.56 Å². The molecule has 1 aromatic rings. The van der Waals surface area contributed by atoms with Crippen molar-refractivity contribution in [1.82, 2.24) is 5.32 Å². The van der Waals surface area contributed by atoms with Gasteiger partial charge in [0.25, 0.3) is 0 Å². The Morgan fingerprint density at radius 2 is 1.90 bits per heavy atom. The Kier molecular flexibility index (Phi) is 5.82. The van der Waals surface area contributed by atoms with Crippen LogP contribution in [-0.4, -0.2) is 18.8 Å². The van der Waals surface area contributed by atoms with Crippen molar-refractivity contribution in [2.45, 2.75) is 32.0 Å². The van der Waals surface area contributed by atoms with Crippen molar-refractivity contribution >= 4 is 11.7 Å². The average Bonchev–Trinajstić information content (AvgIpc) is 2.33. The zero-order valence-corrected chi connectivity index (χ0v) is 11.1. The third-order valence-electron chi connectivity index (χ3n) is 2.77. The fourth-order valence-electron chi connectivity index (χ4n) is 1.72. The van der Waals surface area contributed by atoms with Crippen LogP contribution in [0.25, 0.3) is 0 Å². The maximum atomic E-state index is 12.0. The second kappa shape index (κ2) is 7.14. The fourth-order valence-corrected chi connectivity index (χ4v) is 1.72. The molecule has 0 saturated carbocycles. The van der Waals surface area contributed by atoms with Crippen molar-refractivity contribution in [3.63, 3.8) is 0 Å². The summed E-state index contributed by atoms with van der Waals surface area (Å²) < 4.78 is 35.9. The van der Waals surface area contributed by atoms with Crippen molar-refractivity contribution in [2.75, 3.05) is 11.9 Å².